The molecule has 2 heteroatoms. The van der Waals surface area contributed by atoms with Crippen LogP contribution < -0.4 is 5.32 Å². The summed E-state index contributed by atoms with van der Waals surface area (Å²) >= 11 is 0. The van der Waals surface area contributed by atoms with Gasteiger partial charge in [0, 0.05) is 25.7 Å². The number of rotatable bonds is 5. The van der Waals surface area contributed by atoms with Crippen LogP contribution in [0.4, 0.5) is 0 Å². The Morgan fingerprint density at radius 1 is 1.42 bits per heavy atom. The van der Waals surface area contributed by atoms with Crippen molar-refractivity contribution in [1.29, 1.82) is 0 Å². The summed E-state index contributed by atoms with van der Waals surface area (Å²) in [6, 6.07) is 11.4. The summed E-state index contributed by atoms with van der Waals surface area (Å²) in [5.41, 5.74) is 1.46. The van der Waals surface area contributed by atoms with E-state index in [2.05, 4.69) is 61.0 Å². The average Bonchev–Trinajstić information content (AvgIpc) is 2.44. The van der Waals surface area contributed by atoms with E-state index in [1.165, 1.54) is 18.4 Å². The fraction of sp³-hybridized carbons (Fsp3) is 0.529. The fourth-order valence-electron chi connectivity index (χ4n) is 3.04. The van der Waals surface area contributed by atoms with Crippen molar-refractivity contribution in [3.63, 3.8) is 0 Å². The van der Waals surface area contributed by atoms with Gasteiger partial charge in [-0.2, -0.15) is 0 Å². The predicted molar refractivity (Wildman–Crippen MR) is 82.3 cm³/mol. The van der Waals surface area contributed by atoms with Gasteiger partial charge in [-0.3, -0.25) is 4.90 Å². The molecule has 1 saturated heterocycles. The highest BCUT2D eigenvalue weighted by Crippen LogP contribution is 2.31. The van der Waals surface area contributed by atoms with Crippen molar-refractivity contribution in [2.45, 2.75) is 38.3 Å². The molecule has 1 N–H and O–H groups in total. The van der Waals surface area contributed by atoms with Crippen LogP contribution in [-0.4, -0.2) is 30.6 Å². The molecular weight excluding hydrogens is 232 g/mol. The largest absolute Gasteiger partial charge is 0.311 e. The van der Waals surface area contributed by atoms with Crippen LogP contribution in [0.2, 0.25) is 0 Å². The van der Waals surface area contributed by atoms with Crippen molar-refractivity contribution in [3.8, 4) is 0 Å². The zero-order chi connectivity index (χ0) is 13.7. The van der Waals surface area contributed by atoms with Gasteiger partial charge >= 0.3 is 0 Å². The molecule has 19 heavy (non-hydrogen) atoms. The lowest BCUT2D eigenvalue weighted by atomic mass is 9.86. The molecule has 0 aliphatic carbocycles. The van der Waals surface area contributed by atoms with E-state index in [9.17, 15) is 0 Å². The Kier molecular flexibility index (Phi) is 4.78. The van der Waals surface area contributed by atoms with E-state index in [0.717, 1.165) is 19.6 Å². The zero-order valence-corrected chi connectivity index (χ0v) is 12.2. The van der Waals surface area contributed by atoms with Gasteiger partial charge in [0.2, 0.25) is 0 Å². The van der Waals surface area contributed by atoms with Crippen LogP contribution in [0, 0.1) is 0 Å². The van der Waals surface area contributed by atoms with Gasteiger partial charge in [-0.05, 0) is 18.9 Å². The van der Waals surface area contributed by atoms with Crippen LogP contribution in [0.5, 0.6) is 0 Å². The second-order valence-corrected chi connectivity index (χ2v) is 5.70. The first-order chi connectivity index (χ1) is 9.20. The second-order valence-electron chi connectivity index (χ2n) is 5.70. The van der Waals surface area contributed by atoms with Gasteiger partial charge in [0.1, 0.15) is 0 Å². The van der Waals surface area contributed by atoms with Crippen LogP contribution >= 0.6 is 0 Å². The molecule has 0 spiro atoms. The summed E-state index contributed by atoms with van der Waals surface area (Å²) in [4.78, 5) is 2.56. The second kappa shape index (κ2) is 6.36. The van der Waals surface area contributed by atoms with E-state index in [0.29, 0.717) is 6.04 Å². The minimum atomic E-state index is 0.0691. The Balaban J connectivity index is 2.21. The zero-order valence-electron chi connectivity index (χ0n) is 12.2. The first-order valence-electron chi connectivity index (χ1n) is 7.35. The van der Waals surface area contributed by atoms with Crippen LogP contribution in [0.3, 0.4) is 0 Å². The van der Waals surface area contributed by atoms with E-state index in [1.54, 1.807) is 0 Å². The van der Waals surface area contributed by atoms with Crippen LogP contribution in [0.25, 0.3) is 0 Å². The summed E-state index contributed by atoms with van der Waals surface area (Å²) in [5.74, 6) is 0. The SMILES string of the molecule is C=CCN1CC(CCC)NCC1(C)c1ccccc1. The highest BCUT2D eigenvalue weighted by molar-refractivity contribution is 5.25. The number of hydrogen-bond acceptors (Lipinski definition) is 2. The quantitative estimate of drug-likeness (QED) is 0.816. The summed E-state index contributed by atoms with van der Waals surface area (Å²) in [6.07, 6.45) is 4.51. The fourth-order valence-corrected chi connectivity index (χ4v) is 3.04. The van der Waals surface area contributed by atoms with Gasteiger partial charge in [0.15, 0.2) is 0 Å². The van der Waals surface area contributed by atoms with Crippen LogP contribution in [-0.2, 0) is 5.54 Å². The molecule has 0 bridgehead atoms. The molecule has 1 aromatic rings. The maximum atomic E-state index is 3.92. The number of piperazine rings is 1. The first-order valence-corrected chi connectivity index (χ1v) is 7.35. The third-order valence-electron chi connectivity index (χ3n) is 4.26. The highest BCUT2D eigenvalue weighted by atomic mass is 15.3. The minimum absolute atomic E-state index is 0.0691. The maximum absolute atomic E-state index is 3.92. The number of hydrogen-bond donors (Lipinski definition) is 1. The third kappa shape index (κ3) is 3.07. The lowest BCUT2D eigenvalue weighted by Crippen LogP contribution is -2.61. The summed E-state index contributed by atoms with van der Waals surface area (Å²) < 4.78 is 0. The topological polar surface area (TPSA) is 15.3 Å². The Labute approximate surface area is 117 Å². The summed E-state index contributed by atoms with van der Waals surface area (Å²) in [5, 5.41) is 3.72. The first kappa shape index (κ1) is 14.3. The van der Waals surface area contributed by atoms with E-state index < -0.39 is 0 Å². The van der Waals surface area contributed by atoms with Crippen molar-refractivity contribution < 1.29 is 0 Å². The van der Waals surface area contributed by atoms with Crippen molar-refractivity contribution in [2.75, 3.05) is 19.6 Å². The molecule has 0 aromatic heterocycles. The van der Waals surface area contributed by atoms with Gasteiger partial charge in [-0.15, -0.1) is 6.58 Å². The molecule has 1 aromatic carbocycles. The van der Waals surface area contributed by atoms with Crippen LogP contribution in [0.1, 0.15) is 32.3 Å². The Morgan fingerprint density at radius 3 is 2.79 bits per heavy atom. The van der Waals surface area contributed by atoms with Crippen molar-refractivity contribution in [1.82, 2.24) is 10.2 Å². The van der Waals surface area contributed by atoms with E-state index in [4.69, 9.17) is 0 Å². The Bertz CT molecular complexity index is 401. The highest BCUT2D eigenvalue weighted by Gasteiger charge is 2.37. The molecule has 1 aliphatic heterocycles. The average molecular weight is 258 g/mol. The monoisotopic (exact) mass is 258 g/mol. The predicted octanol–water partition coefficient (Wildman–Crippen LogP) is 3.16. The van der Waals surface area contributed by atoms with Gasteiger partial charge in [-0.1, -0.05) is 49.8 Å². The molecule has 1 fully saturated rings. The van der Waals surface area contributed by atoms with Gasteiger partial charge in [0.05, 0.1) is 5.54 Å². The molecule has 0 saturated carbocycles. The molecular formula is C17H26N2. The van der Waals surface area contributed by atoms with Gasteiger partial charge < -0.3 is 5.32 Å². The van der Waals surface area contributed by atoms with Gasteiger partial charge in [0.25, 0.3) is 0 Å². The molecule has 1 heterocycles. The molecule has 1 aliphatic rings. The summed E-state index contributed by atoms with van der Waals surface area (Å²) in [6.45, 7) is 11.6. The lowest BCUT2D eigenvalue weighted by molar-refractivity contribution is 0.0593. The standard InChI is InChI=1S/C17H26N2/c1-4-9-16-13-19(12-5-2)17(3,14-18-16)15-10-7-6-8-11-15/h5-8,10-11,16,18H,2,4,9,12-14H2,1,3H3. The molecule has 2 rings (SSSR count). The van der Waals surface area contributed by atoms with E-state index in [1.807, 2.05) is 6.08 Å². The molecule has 2 unspecified atom stereocenters. The Morgan fingerprint density at radius 2 is 2.16 bits per heavy atom. The third-order valence-corrected chi connectivity index (χ3v) is 4.26. The van der Waals surface area contributed by atoms with Gasteiger partial charge in [-0.25, -0.2) is 0 Å². The normalized spacial score (nSPS) is 28.2. The molecule has 2 atom stereocenters. The number of nitrogens with one attached hydrogen (secondary N) is 1. The van der Waals surface area contributed by atoms with Crippen molar-refractivity contribution in [2.24, 2.45) is 0 Å². The minimum Gasteiger partial charge on any atom is -0.311 e. The van der Waals surface area contributed by atoms with Crippen molar-refractivity contribution >= 4 is 0 Å². The lowest BCUT2D eigenvalue weighted by Gasteiger charge is -2.48. The van der Waals surface area contributed by atoms with E-state index in [-0.39, 0.29) is 5.54 Å². The Hall–Kier alpha value is -1.12. The summed E-state index contributed by atoms with van der Waals surface area (Å²) in [7, 11) is 0. The van der Waals surface area contributed by atoms with Crippen molar-refractivity contribution in [3.05, 3.63) is 48.6 Å². The smallest absolute Gasteiger partial charge is 0.0560 e. The molecule has 2 nitrogen and oxygen atoms in total. The van der Waals surface area contributed by atoms with Crippen LogP contribution in [0.15, 0.2) is 43.0 Å². The number of benzene rings is 1. The molecule has 0 radical (unpaired) electrons. The molecule has 0 amide bonds. The van der Waals surface area contributed by atoms with E-state index >= 15 is 0 Å². The maximum Gasteiger partial charge on any atom is 0.0560 e. The molecule has 104 valence electrons. The number of nitrogens with zero attached hydrogens (tertiary/aromatic N) is 1.